The summed E-state index contributed by atoms with van der Waals surface area (Å²) in [6.07, 6.45) is 3.90. The minimum Gasteiger partial charge on any atom is -0.492 e. The maximum atomic E-state index is 12.9. The van der Waals surface area contributed by atoms with Crippen molar-refractivity contribution in [2.24, 2.45) is 0 Å². The summed E-state index contributed by atoms with van der Waals surface area (Å²) in [6.45, 7) is 4.96. The number of hydrogen-bond acceptors (Lipinski definition) is 7. The molecule has 9 heteroatoms. The molecule has 1 aromatic rings. The van der Waals surface area contributed by atoms with E-state index in [0.29, 0.717) is 31.1 Å². The summed E-state index contributed by atoms with van der Waals surface area (Å²) < 4.78 is 37.6. The predicted molar refractivity (Wildman–Crippen MR) is 104 cm³/mol. The first-order valence-corrected chi connectivity index (χ1v) is 10.7. The van der Waals surface area contributed by atoms with Crippen molar-refractivity contribution in [3.63, 3.8) is 0 Å². The molecule has 1 aromatic carbocycles. The molecule has 8 nitrogen and oxygen atoms in total. The summed E-state index contributed by atoms with van der Waals surface area (Å²) in [4.78, 5) is 11.9. The van der Waals surface area contributed by atoms with Gasteiger partial charge in [-0.2, -0.15) is 9.57 Å². The van der Waals surface area contributed by atoms with Crippen LogP contribution in [0.4, 0.5) is 5.69 Å². The third-order valence-electron chi connectivity index (χ3n) is 4.19. The van der Waals surface area contributed by atoms with Gasteiger partial charge in [-0.15, -0.1) is 0 Å². The average molecular weight is 407 g/mol. The number of hydrogen-bond donors (Lipinski definition) is 1. The van der Waals surface area contributed by atoms with Gasteiger partial charge in [0.2, 0.25) is 10.0 Å². The number of carbonyl (C=O) groups is 1. The second-order valence-electron chi connectivity index (χ2n) is 6.09. The molecule has 0 amide bonds. The summed E-state index contributed by atoms with van der Waals surface area (Å²) in [6, 6.07) is 6.27. The number of nitriles is 1. The molecule has 1 saturated heterocycles. The molecule has 0 atom stereocenters. The van der Waals surface area contributed by atoms with E-state index in [-0.39, 0.29) is 17.1 Å². The van der Waals surface area contributed by atoms with Gasteiger partial charge in [0.25, 0.3) is 0 Å². The van der Waals surface area contributed by atoms with Gasteiger partial charge in [-0.05, 0) is 44.9 Å². The SMILES string of the molecule is CCOC(=O)/C(C#N)=C/Nc1cc(S(=O)(=O)N2CCCCC2)ccc1OCC. The Morgan fingerprint density at radius 2 is 1.96 bits per heavy atom. The van der Waals surface area contributed by atoms with E-state index >= 15 is 0 Å². The zero-order valence-electron chi connectivity index (χ0n) is 16.1. The highest BCUT2D eigenvalue weighted by atomic mass is 32.2. The van der Waals surface area contributed by atoms with Crippen molar-refractivity contribution in [1.82, 2.24) is 4.31 Å². The van der Waals surface area contributed by atoms with Gasteiger partial charge in [-0.3, -0.25) is 0 Å². The van der Waals surface area contributed by atoms with Crippen LogP contribution in [0.5, 0.6) is 5.75 Å². The van der Waals surface area contributed by atoms with Gasteiger partial charge in [0.1, 0.15) is 11.8 Å². The average Bonchev–Trinajstić information content (AvgIpc) is 2.70. The van der Waals surface area contributed by atoms with Crippen LogP contribution in [0, 0.1) is 11.3 Å². The molecule has 1 aliphatic heterocycles. The third kappa shape index (κ3) is 5.24. The molecule has 0 aromatic heterocycles. The molecule has 0 radical (unpaired) electrons. The number of rotatable bonds is 8. The standard InChI is InChI=1S/C19H25N3O5S/c1-3-26-18-9-8-16(28(24,25)22-10-6-5-7-11-22)12-17(18)21-14-15(13-20)19(23)27-4-2/h8-9,12,14,21H,3-7,10-11H2,1-2H3/b15-14+. The van der Waals surface area contributed by atoms with Crippen LogP contribution >= 0.6 is 0 Å². The van der Waals surface area contributed by atoms with E-state index in [9.17, 15) is 13.2 Å². The zero-order valence-corrected chi connectivity index (χ0v) is 16.9. The van der Waals surface area contributed by atoms with E-state index in [4.69, 9.17) is 14.7 Å². The van der Waals surface area contributed by atoms with Crippen LogP contribution in [-0.2, 0) is 19.6 Å². The van der Waals surface area contributed by atoms with Crippen LogP contribution in [-0.4, -0.2) is 45.0 Å². The number of piperidine rings is 1. The van der Waals surface area contributed by atoms with Crippen molar-refractivity contribution in [2.45, 2.75) is 38.0 Å². The van der Waals surface area contributed by atoms with Crippen molar-refractivity contribution in [2.75, 3.05) is 31.6 Å². The maximum absolute atomic E-state index is 12.9. The highest BCUT2D eigenvalue weighted by molar-refractivity contribution is 7.89. The molecule has 0 saturated carbocycles. The number of ether oxygens (including phenoxy) is 2. The lowest BCUT2D eigenvalue weighted by Gasteiger charge is -2.26. The van der Waals surface area contributed by atoms with Gasteiger partial charge >= 0.3 is 5.97 Å². The summed E-state index contributed by atoms with van der Waals surface area (Å²) in [5.41, 5.74) is 0.116. The van der Waals surface area contributed by atoms with Crippen molar-refractivity contribution in [3.8, 4) is 11.8 Å². The summed E-state index contributed by atoms with van der Waals surface area (Å²) >= 11 is 0. The molecule has 0 unspecified atom stereocenters. The Morgan fingerprint density at radius 3 is 2.57 bits per heavy atom. The van der Waals surface area contributed by atoms with Crippen molar-refractivity contribution in [3.05, 3.63) is 30.0 Å². The van der Waals surface area contributed by atoms with Crippen LogP contribution in [0.15, 0.2) is 34.9 Å². The lowest BCUT2D eigenvalue weighted by molar-refractivity contribution is -0.138. The van der Waals surface area contributed by atoms with Crippen LogP contribution in [0.2, 0.25) is 0 Å². The Bertz CT molecular complexity index is 868. The Morgan fingerprint density at radius 1 is 1.25 bits per heavy atom. The van der Waals surface area contributed by atoms with Gasteiger partial charge < -0.3 is 14.8 Å². The molecule has 2 rings (SSSR count). The quantitative estimate of drug-likeness (QED) is 0.401. The predicted octanol–water partition coefficient (Wildman–Crippen LogP) is 2.64. The molecule has 0 bridgehead atoms. The van der Waals surface area contributed by atoms with Crippen LogP contribution in [0.3, 0.4) is 0 Å². The van der Waals surface area contributed by atoms with Crippen molar-refractivity contribution < 1.29 is 22.7 Å². The molecule has 0 aliphatic carbocycles. The van der Waals surface area contributed by atoms with E-state index in [2.05, 4.69) is 5.32 Å². The number of nitrogens with one attached hydrogen (secondary N) is 1. The molecule has 1 heterocycles. The van der Waals surface area contributed by atoms with Crippen molar-refractivity contribution in [1.29, 1.82) is 5.26 Å². The van der Waals surface area contributed by atoms with Crippen molar-refractivity contribution >= 4 is 21.7 Å². The van der Waals surface area contributed by atoms with Gasteiger partial charge in [-0.1, -0.05) is 6.42 Å². The van der Waals surface area contributed by atoms with Gasteiger partial charge in [0.05, 0.1) is 23.8 Å². The zero-order chi connectivity index (χ0) is 20.6. The third-order valence-corrected chi connectivity index (χ3v) is 6.09. The fourth-order valence-electron chi connectivity index (χ4n) is 2.81. The van der Waals surface area contributed by atoms with E-state index < -0.39 is 16.0 Å². The smallest absolute Gasteiger partial charge is 0.350 e. The van der Waals surface area contributed by atoms with E-state index in [1.54, 1.807) is 26.0 Å². The van der Waals surface area contributed by atoms with E-state index in [1.165, 1.54) is 22.6 Å². The molecular formula is C19H25N3O5S. The van der Waals surface area contributed by atoms with Crippen LogP contribution in [0.1, 0.15) is 33.1 Å². The highest BCUT2D eigenvalue weighted by Crippen LogP contribution is 2.30. The number of sulfonamides is 1. The topological polar surface area (TPSA) is 109 Å². The Balaban J connectivity index is 2.35. The molecule has 28 heavy (non-hydrogen) atoms. The lowest BCUT2D eigenvalue weighted by Crippen LogP contribution is -2.35. The van der Waals surface area contributed by atoms with Gasteiger partial charge in [0.15, 0.2) is 5.57 Å². The van der Waals surface area contributed by atoms with Crippen LogP contribution < -0.4 is 10.1 Å². The highest BCUT2D eigenvalue weighted by Gasteiger charge is 2.26. The lowest BCUT2D eigenvalue weighted by atomic mass is 10.2. The minimum absolute atomic E-state index is 0.128. The molecule has 1 aliphatic rings. The fraction of sp³-hybridized carbons (Fsp3) is 0.474. The number of anilines is 1. The Labute approximate surface area is 165 Å². The maximum Gasteiger partial charge on any atom is 0.350 e. The first kappa shape index (κ1) is 21.7. The summed E-state index contributed by atoms with van der Waals surface area (Å²) in [5, 5.41) is 11.9. The normalized spacial score (nSPS) is 15.5. The van der Waals surface area contributed by atoms with Crippen LogP contribution in [0.25, 0.3) is 0 Å². The number of nitrogens with zero attached hydrogens (tertiary/aromatic N) is 2. The second kappa shape index (κ2) is 10.1. The molecule has 1 fully saturated rings. The minimum atomic E-state index is -3.62. The Hall–Kier alpha value is -2.57. The number of esters is 1. The van der Waals surface area contributed by atoms with Gasteiger partial charge in [0, 0.05) is 19.3 Å². The Kier molecular flexibility index (Phi) is 7.84. The summed E-state index contributed by atoms with van der Waals surface area (Å²) in [7, 11) is -3.62. The van der Waals surface area contributed by atoms with Gasteiger partial charge in [-0.25, -0.2) is 13.2 Å². The molecule has 152 valence electrons. The first-order valence-electron chi connectivity index (χ1n) is 9.25. The van der Waals surface area contributed by atoms with E-state index in [0.717, 1.165) is 19.3 Å². The van der Waals surface area contributed by atoms with E-state index in [1.807, 2.05) is 0 Å². The first-order chi connectivity index (χ1) is 13.4. The number of carbonyl (C=O) groups excluding carboxylic acids is 1. The fourth-order valence-corrected chi connectivity index (χ4v) is 4.36. The number of benzene rings is 1. The second-order valence-corrected chi connectivity index (χ2v) is 8.03. The summed E-state index contributed by atoms with van der Waals surface area (Å²) in [5.74, 6) is -0.343. The molecule has 1 N–H and O–H groups in total. The monoisotopic (exact) mass is 407 g/mol. The molecular weight excluding hydrogens is 382 g/mol. The largest absolute Gasteiger partial charge is 0.492 e. The molecule has 0 spiro atoms.